The van der Waals surface area contributed by atoms with Crippen LogP contribution in [-0.2, 0) is 0 Å². The minimum atomic E-state index is 0.680. The van der Waals surface area contributed by atoms with Gasteiger partial charge in [0, 0.05) is 28.7 Å². The quantitative estimate of drug-likeness (QED) is 0.379. The maximum Gasteiger partial charge on any atom is 0.160 e. The lowest BCUT2D eigenvalue weighted by molar-refractivity contribution is 1.08. The third-order valence-corrected chi connectivity index (χ3v) is 6.01. The number of nitrogens with zero attached hydrogens (tertiary/aromatic N) is 4. The molecule has 0 radical (unpaired) electrons. The fourth-order valence-electron chi connectivity index (χ4n) is 3.82. The van der Waals surface area contributed by atoms with Crippen LogP contribution in [0.2, 0.25) is 0 Å². The molecule has 2 aromatic carbocycles. The third kappa shape index (κ3) is 2.20. The number of thiophene rings is 1. The molecule has 5 heteroatoms. The molecule has 0 fully saturated rings. The molecule has 0 bridgehead atoms. The maximum atomic E-state index is 4.62. The van der Waals surface area contributed by atoms with E-state index < -0.39 is 0 Å². The zero-order valence-electron chi connectivity index (χ0n) is 14.8. The van der Waals surface area contributed by atoms with E-state index in [9.17, 15) is 0 Å². The first-order valence-corrected chi connectivity index (χ1v) is 9.90. The lowest BCUT2D eigenvalue weighted by atomic mass is 10.1. The molecule has 6 rings (SSSR count). The lowest BCUT2D eigenvalue weighted by Gasteiger charge is -2.08. The fraction of sp³-hybridized carbons (Fsp3) is 0. The highest BCUT2D eigenvalue weighted by Gasteiger charge is 2.16. The Bertz CT molecular complexity index is 1450. The van der Waals surface area contributed by atoms with E-state index in [4.69, 9.17) is 0 Å². The highest BCUT2D eigenvalue weighted by atomic mass is 32.1. The zero-order chi connectivity index (χ0) is 18.5. The van der Waals surface area contributed by atoms with E-state index in [0.29, 0.717) is 5.82 Å². The van der Waals surface area contributed by atoms with Gasteiger partial charge < -0.3 is 4.57 Å². The Morgan fingerprint density at radius 3 is 2.54 bits per heavy atom. The molecule has 0 saturated carbocycles. The van der Waals surface area contributed by atoms with E-state index in [1.165, 1.54) is 26.4 Å². The minimum absolute atomic E-state index is 0.680. The average molecular weight is 378 g/mol. The summed E-state index contributed by atoms with van der Waals surface area (Å²) in [5.41, 5.74) is 4.25. The molecule has 4 nitrogen and oxygen atoms in total. The summed E-state index contributed by atoms with van der Waals surface area (Å²) in [5.74, 6) is 0.680. The van der Waals surface area contributed by atoms with Crippen molar-refractivity contribution in [3.8, 4) is 17.1 Å². The molecule has 28 heavy (non-hydrogen) atoms. The summed E-state index contributed by atoms with van der Waals surface area (Å²) in [6, 6.07) is 19.0. The summed E-state index contributed by atoms with van der Waals surface area (Å²) in [6.07, 6.45) is 7.33. The molecule has 132 valence electrons. The number of fused-ring (bicyclic) bond motifs is 5. The van der Waals surface area contributed by atoms with Crippen molar-refractivity contribution in [3.63, 3.8) is 0 Å². The summed E-state index contributed by atoms with van der Waals surface area (Å²) < 4.78 is 3.56. The maximum absolute atomic E-state index is 4.62. The summed E-state index contributed by atoms with van der Waals surface area (Å²) in [5, 5.41) is 5.90. The molecule has 0 saturated heterocycles. The first-order valence-electron chi connectivity index (χ1n) is 9.02. The van der Waals surface area contributed by atoms with Gasteiger partial charge in [-0.25, -0.2) is 9.97 Å². The van der Waals surface area contributed by atoms with Crippen molar-refractivity contribution in [1.29, 1.82) is 0 Å². The van der Waals surface area contributed by atoms with Crippen molar-refractivity contribution in [2.24, 2.45) is 0 Å². The van der Waals surface area contributed by atoms with Gasteiger partial charge in [-0.2, -0.15) is 0 Å². The summed E-state index contributed by atoms with van der Waals surface area (Å²) in [4.78, 5) is 13.4. The topological polar surface area (TPSA) is 43.6 Å². The summed E-state index contributed by atoms with van der Waals surface area (Å²) in [7, 11) is 0. The van der Waals surface area contributed by atoms with Gasteiger partial charge in [-0.15, -0.1) is 11.3 Å². The van der Waals surface area contributed by atoms with E-state index in [1.807, 2.05) is 24.5 Å². The Hall–Kier alpha value is -3.57. The van der Waals surface area contributed by atoms with Gasteiger partial charge in [-0.05, 0) is 35.0 Å². The van der Waals surface area contributed by atoms with Crippen LogP contribution >= 0.6 is 11.3 Å². The zero-order valence-corrected chi connectivity index (χ0v) is 15.6. The van der Waals surface area contributed by atoms with Crippen LogP contribution in [-0.4, -0.2) is 19.5 Å². The molecule has 0 aliphatic heterocycles. The number of aromatic nitrogens is 4. The minimum Gasteiger partial charge on any atom is -0.305 e. The van der Waals surface area contributed by atoms with Crippen LogP contribution in [0.15, 0.2) is 84.8 Å². The van der Waals surface area contributed by atoms with Gasteiger partial charge in [-0.3, -0.25) is 4.98 Å². The predicted molar refractivity (Wildman–Crippen MR) is 115 cm³/mol. The molecule has 0 aliphatic rings. The Balaban J connectivity index is 1.66. The third-order valence-electron chi connectivity index (χ3n) is 5.07. The van der Waals surface area contributed by atoms with E-state index in [0.717, 1.165) is 16.8 Å². The van der Waals surface area contributed by atoms with Crippen LogP contribution in [0.3, 0.4) is 0 Å². The van der Waals surface area contributed by atoms with E-state index in [-0.39, 0.29) is 0 Å². The van der Waals surface area contributed by atoms with Gasteiger partial charge >= 0.3 is 0 Å². The molecular weight excluding hydrogens is 364 g/mol. The highest BCUT2D eigenvalue weighted by Crippen LogP contribution is 2.38. The second-order valence-electron chi connectivity index (χ2n) is 6.66. The van der Waals surface area contributed by atoms with Crippen molar-refractivity contribution in [1.82, 2.24) is 19.5 Å². The molecule has 0 N–H and O–H groups in total. The van der Waals surface area contributed by atoms with Crippen molar-refractivity contribution in [3.05, 3.63) is 84.8 Å². The largest absolute Gasteiger partial charge is 0.305 e. The van der Waals surface area contributed by atoms with Crippen molar-refractivity contribution < 1.29 is 0 Å². The molecule has 0 amide bonds. The Morgan fingerprint density at radius 2 is 1.68 bits per heavy atom. The first kappa shape index (κ1) is 15.5. The standard InChI is InChI=1S/C23H14N4S/c1-2-6-20-18(5-1)19-8-7-15-9-11-28-22(15)21(19)27(20)17-13-25-23(26-14-17)16-4-3-10-24-12-16/h1-14H. The molecule has 0 atom stereocenters. The van der Waals surface area contributed by atoms with Gasteiger partial charge in [0.1, 0.15) is 0 Å². The fourth-order valence-corrected chi connectivity index (χ4v) is 4.76. The lowest BCUT2D eigenvalue weighted by Crippen LogP contribution is -1.98. The number of pyridine rings is 1. The van der Waals surface area contributed by atoms with Crippen LogP contribution in [0.1, 0.15) is 0 Å². The Morgan fingerprint density at radius 1 is 0.786 bits per heavy atom. The number of para-hydroxylation sites is 1. The molecule has 0 aliphatic carbocycles. The number of rotatable bonds is 2. The SMILES string of the molecule is c1cncc(-c2ncc(-n3c4ccccc4c4ccc5ccsc5c43)cn2)c1. The number of hydrogen-bond acceptors (Lipinski definition) is 4. The van der Waals surface area contributed by atoms with Crippen molar-refractivity contribution >= 4 is 43.2 Å². The van der Waals surface area contributed by atoms with Crippen LogP contribution in [0.5, 0.6) is 0 Å². The van der Waals surface area contributed by atoms with Gasteiger partial charge in [-0.1, -0.05) is 30.3 Å². The van der Waals surface area contributed by atoms with Crippen molar-refractivity contribution in [2.45, 2.75) is 0 Å². The van der Waals surface area contributed by atoms with E-state index in [1.54, 1.807) is 23.7 Å². The molecule has 0 spiro atoms. The normalized spacial score (nSPS) is 11.6. The summed E-state index contributed by atoms with van der Waals surface area (Å²) in [6.45, 7) is 0. The first-order chi connectivity index (χ1) is 13.9. The van der Waals surface area contributed by atoms with Gasteiger partial charge in [0.25, 0.3) is 0 Å². The second-order valence-corrected chi connectivity index (χ2v) is 7.58. The van der Waals surface area contributed by atoms with Gasteiger partial charge in [0.2, 0.25) is 0 Å². The molecule has 4 aromatic heterocycles. The van der Waals surface area contributed by atoms with Crippen LogP contribution in [0.4, 0.5) is 0 Å². The van der Waals surface area contributed by atoms with Crippen molar-refractivity contribution in [2.75, 3.05) is 0 Å². The van der Waals surface area contributed by atoms with Gasteiger partial charge in [0.05, 0.1) is 33.8 Å². The van der Waals surface area contributed by atoms with E-state index >= 15 is 0 Å². The monoisotopic (exact) mass is 378 g/mol. The molecule has 0 unspecified atom stereocenters. The Kier molecular flexibility index (Phi) is 3.30. The smallest absolute Gasteiger partial charge is 0.160 e. The molecule has 6 aromatic rings. The van der Waals surface area contributed by atoms with Crippen LogP contribution in [0.25, 0.3) is 49.0 Å². The molecule has 4 heterocycles. The average Bonchev–Trinajstić information content (AvgIpc) is 3.37. The number of benzene rings is 2. The Labute approximate surface area is 164 Å². The summed E-state index contributed by atoms with van der Waals surface area (Å²) >= 11 is 1.77. The predicted octanol–water partition coefficient (Wildman–Crippen LogP) is 5.85. The van der Waals surface area contributed by atoms with Crippen LogP contribution < -0.4 is 0 Å². The number of hydrogen-bond donors (Lipinski definition) is 0. The highest BCUT2D eigenvalue weighted by molar-refractivity contribution is 7.18. The molecular formula is C23H14N4S. The van der Waals surface area contributed by atoms with Gasteiger partial charge in [0.15, 0.2) is 5.82 Å². The van der Waals surface area contributed by atoms with E-state index in [2.05, 4.69) is 67.4 Å². The second kappa shape index (κ2) is 5.97. The van der Waals surface area contributed by atoms with Crippen LogP contribution in [0, 0.1) is 0 Å².